The van der Waals surface area contributed by atoms with E-state index >= 15 is 0 Å². The first-order valence-electron chi connectivity index (χ1n) is 8.93. The Morgan fingerprint density at radius 3 is 1.19 bits per heavy atom. The van der Waals surface area contributed by atoms with E-state index in [2.05, 4.69) is 27.8 Å². The zero-order chi connectivity index (χ0) is 16.6. The van der Waals surface area contributed by atoms with Crippen molar-refractivity contribution in [2.24, 2.45) is 0 Å². The molecule has 0 aromatic carbocycles. The molecule has 0 aliphatic carbocycles. The zero-order valence-corrected chi connectivity index (χ0v) is 15.2. The lowest BCUT2D eigenvalue weighted by Gasteiger charge is -2.35. The fourth-order valence-electron chi connectivity index (χ4n) is 2.57. The lowest BCUT2D eigenvalue weighted by Crippen LogP contribution is -2.46. The van der Waals surface area contributed by atoms with Crippen molar-refractivity contribution in [1.29, 1.82) is 0 Å². The molecule has 0 bridgehead atoms. The van der Waals surface area contributed by atoms with Gasteiger partial charge in [0.15, 0.2) is 0 Å². The molecule has 0 aromatic rings. The lowest BCUT2D eigenvalue weighted by molar-refractivity contribution is -0.910. The first-order valence-corrected chi connectivity index (χ1v) is 8.93. The quantitative estimate of drug-likeness (QED) is 0.407. The van der Waals surface area contributed by atoms with Gasteiger partial charge in [-0.3, -0.25) is 0 Å². The number of hydrogen-bond donors (Lipinski definition) is 0. The standard InChI is InChI=1S/C16H36N.C2H4O2/c1-5-8-11-14-17(4,15-12-9-6-2)16-13-10-7-3;1-2(3)4/h5-16H2,1-4H3;1H3,(H,3,4)/q+1;/p-1. The number of hydrogen-bond acceptors (Lipinski definition) is 2. The van der Waals surface area contributed by atoms with E-state index in [0.717, 1.165) is 6.92 Å². The summed E-state index contributed by atoms with van der Waals surface area (Å²) in [5.41, 5.74) is 0. The van der Waals surface area contributed by atoms with Crippen LogP contribution in [0.25, 0.3) is 0 Å². The number of unbranched alkanes of at least 4 members (excludes halogenated alkanes) is 6. The molecule has 0 aliphatic rings. The molecule has 0 amide bonds. The molecule has 0 N–H and O–H groups in total. The lowest BCUT2D eigenvalue weighted by atomic mass is 10.1. The van der Waals surface area contributed by atoms with E-state index in [4.69, 9.17) is 9.90 Å². The minimum absolute atomic E-state index is 0.972. The van der Waals surface area contributed by atoms with Gasteiger partial charge in [0.05, 0.1) is 26.7 Å². The van der Waals surface area contributed by atoms with Gasteiger partial charge in [-0.05, 0) is 45.4 Å². The second kappa shape index (κ2) is 15.8. The molecule has 0 unspecified atom stereocenters. The second-order valence-electron chi connectivity index (χ2n) is 6.40. The van der Waals surface area contributed by atoms with Gasteiger partial charge in [0.25, 0.3) is 0 Å². The maximum atomic E-state index is 8.89. The molecule has 0 spiro atoms. The Hall–Kier alpha value is -0.570. The van der Waals surface area contributed by atoms with Crippen molar-refractivity contribution in [3.63, 3.8) is 0 Å². The van der Waals surface area contributed by atoms with Gasteiger partial charge in [-0.15, -0.1) is 0 Å². The van der Waals surface area contributed by atoms with E-state index in [0.29, 0.717) is 0 Å². The van der Waals surface area contributed by atoms with Crippen LogP contribution in [0.4, 0.5) is 0 Å². The Kier molecular flexibility index (Phi) is 17.1. The van der Waals surface area contributed by atoms with Gasteiger partial charge in [-0.1, -0.05) is 40.0 Å². The zero-order valence-electron chi connectivity index (χ0n) is 15.2. The van der Waals surface area contributed by atoms with Crippen LogP contribution in [0.3, 0.4) is 0 Å². The first-order chi connectivity index (χ1) is 9.91. The van der Waals surface area contributed by atoms with Crippen LogP contribution in [-0.4, -0.2) is 37.1 Å². The van der Waals surface area contributed by atoms with Gasteiger partial charge in [-0.25, -0.2) is 0 Å². The van der Waals surface area contributed by atoms with Crippen molar-refractivity contribution in [3.05, 3.63) is 0 Å². The van der Waals surface area contributed by atoms with Gasteiger partial charge in [0.1, 0.15) is 0 Å². The van der Waals surface area contributed by atoms with E-state index < -0.39 is 5.97 Å². The predicted molar refractivity (Wildman–Crippen MR) is 90.0 cm³/mol. The highest BCUT2D eigenvalue weighted by molar-refractivity contribution is 5.60. The first kappa shape index (κ1) is 22.7. The number of carboxylic acids is 1. The number of carbonyl (C=O) groups excluding carboxylic acids is 1. The van der Waals surface area contributed by atoms with Crippen LogP contribution in [0.2, 0.25) is 0 Å². The minimum Gasteiger partial charge on any atom is -0.550 e. The number of nitrogens with zero attached hydrogens (tertiary/aromatic N) is 1. The van der Waals surface area contributed by atoms with Gasteiger partial charge in [0.2, 0.25) is 0 Å². The second-order valence-corrected chi connectivity index (χ2v) is 6.40. The van der Waals surface area contributed by atoms with Crippen LogP contribution in [0.5, 0.6) is 0 Å². The highest BCUT2D eigenvalue weighted by atomic mass is 16.4. The van der Waals surface area contributed by atoms with Crippen LogP contribution in [0.15, 0.2) is 0 Å². The Bertz CT molecular complexity index is 199. The summed E-state index contributed by atoms with van der Waals surface area (Å²) in [7, 11) is 2.49. The maximum absolute atomic E-state index is 8.89. The molecule has 3 heteroatoms. The number of rotatable bonds is 12. The molecule has 0 atom stereocenters. The molecule has 0 rings (SSSR count). The van der Waals surface area contributed by atoms with Crippen molar-refractivity contribution in [1.82, 2.24) is 0 Å². The van der Waals surface area contributed by atoms with E-state index in [1.54, 1.807) is 0 Å². The van der Waals surface area contributed by atoms with E-state index in [9.17, 15) is 0 Å². The SMILES string of the molecule is CC(=O)[O-].CCCCC[N+](C)(CCCCC)CCCCC. The van der Waals surface area contributed by atoms with Crippen LogP contribution in [-0.2, 0) is 4.79 Å². The third-order valence-electron chi connectivity index (χ3n) is 3.90. The molecule has 128 valence electrons. The van der Waals surface area contributed by atoms with E-state index in [1.165, 1.54) is 81.9 Å². The Morgan fingerprint density at radius 2 is 1.00 bits per heavy atom. The smallest absolute Gasteiger partial charge is 0.0784 e. The summed E-state index contributed by atoms with van der Waals surface area (Å²) >= 11 is 0. The average molecular weight is 302 g/mol. The molecular weight excluding hydrogens is 262 g/mol. The molecule has 21 heavy (non-hydrogen) atoms. The molecule has 0 saturated carbocycles. The number of quaternary nitrogens is 1. The van der Waals surface area contributed by atoms with E-state index in [1.807, 2.05) is 0 Å². The molecular formula is C18H39NO2. The number of aliphatic carboxylic acids is 1. The monoisotopic (exact) mass is 301 g/mol. The Labute approximate surface area is 133 Å². The number of carboxylic acid groups (broad SMARTS) is 1. The van der Waals surface area contributed by atoms with Gasteiger partial charge < -0.3 is 14.4 Å². The van der Waals surface area contributed by atoms with Crippen molar-refractivity contribution in [3.8, 4) is 0 Å². The molecule has 0 fully saturated rings. The average Bonchev–Trinajstić information content (AvgIpc) is 2.39. The Balaban J connectivity index is 0. The summed E-state index contributed by atoms with van der Waals surface area (Å²) in [5.74, 6) is -1.08. The third kappa shape index (κ3) is 19.4. The van der Waals surface area contributed by atoms with E-state index in [-0.39, 0.29) is 0 Å². The predicted octanol–water partition coefficient (Wildman–Crippen LogP) is 3.76. The topological polar surface area (TPSA) is 40.1 Å². The minimum atomic E-state index is -1.08. The van der Waals surface area contributed by atoms with Crippen LogP contribution < -0.4 is 5.11 Å². The Morgan fingerprint density at radius 1 is 0.762 bits per heavy atom. The normalized spacial score (nSPS) is 10.9. The summed E-state index contributed by atoms with van der Waals surface area (Å²) < 4.78 is 1.33. The summed E-state index contributed by atoms with van der Waals surface area (Å²) in [4.78, 5) is 8.89. The van der Waals surface area contributed by atoms with Crippen LogP contribution in [0, 0.1) is 0 Å². The highest BCUT2D eigenvalue weighted by Gasteiger charge is 2.19. The van der Waals surface area contributed by atoms with Gasteiger partial charge in [0, 0.05) is 5.97 Å². The summed E-state index contributed by atoms with van der Waals surface area (Å²) in [5, 5.41) is 8.89. The summed E-state index contributed by atoms with van der Waals surface area (Å²) in [6.45, 7) is 12.1. The van der Waals surface area contributed by atoms with Gasteiger partial charge >= 0.3 is 0 Å². The fraction of sp³-hybridized carbons (Fsp3) is 0.944. The van der Waals surface area contributed by atoms with Gasteiger partial charge in [-0.2, -0.15) is 0 Å². The maximum Gasteiger partial charge on any atom is 0.0784 e. The van der Waals surface area contributed by atoms with Crippen molar-refractivity contribution in [2.45, 2.75) is 85.5 Å². The van der Waals surface area contributed by atoms with Crippen LogP contribution >= 0.6 is 0 Å². The fourth-order valence-corrected chi connectivity index (χ4v) is 2.57. The molecule has 0 saturated heterocycles. The molecule has 0 aromatic heterocycles. The molecule has 0 heterocycles. The van der Waals surface area contributed by atoms with Crippen molar-refractivity contribution >= 4 is 5.97 Å². The summed E-state index contributed by atoms with van der Waals surface area (Å²) in [6, 6.07) is 0. The summed E-state index contributed by atoms with van der Waals surface area (Å²) in [6.07, 6.45) is 12.6. The number of carbonyl (C=O) groups is 1. The van der Waals surface area contributed by atoms with Crippen molar-refractivity contribution in [2.75, 3.05) is 26.7 Å². The largest absolute Gasteiger partial charge is 0.550 e. The molecule has 3 nitrogen and oxygen atoms in total. The molecule has 0 aliphatic heterocycles. The molecule has 0 radical (unpaired) electrons. The third-order valence-corrected chi connectivity index (χ3v) is 3.90. The van der Waals surface area contributed by atoms with Crippen LogP contribution in [0.1, 0.15) is 85.5 Å². The van der Waals surface area contributed by atoms with Crippen molar-refractivity contribution < 1.29 is 14.4 Å². The highest BCUT2D eigenvalue weighted by Crippen LogP contribution is 2.13.